The Morgan fingerprint density at radius 1 is 1.29 bits per heavy atom. The van der Waals surface area contributed by atoms with Crippen LogP contribution in [0.15, 0.2) is 40.9 Å². The van der Waals surface area contributed by atoms with E-state index in [9.17, 15) is 0 Å². The van der Waals surface area contributed by atoms with E-state index in [0.29, 0.717) is 6.42 Å². The van der Waals surface area contributed by atoms with Gasteiger partial charge in [0.2, 0.25) is 0 Å². The fourth-order valence-corrected chi connectivity index (χ4v) is 3.33. The monoisotopic (exact) mass is 365 g/mol. The highest BCUT2D eigenvalue weighted by atomic mass is 79.9. The molecule has 2 aromatic rings. The second-order valence-corrected chi connectivity index (χ2v) is 7.10. The van der Waals surface area contributed by atoms with E-state index in [-0.39, 0.29) is 0 Å². The molecular weight excluding hydrogens is 350 g/mol. The molecule has 4 heteroatoms. The number of benzene rings is 2. The molecule has 1 atom stereocenters. The Morgan fingerprint density at radius 2 is 2.00 bits per heavy atom. The predicted octanol–water partition coefficient (Wildman–Crippen LogP) is 4.45. The molecule has 21 heavy (non-hydrogen) atoms. The van der Waals surface area contributed by atoms with E-state index in [1.807, 2.05) is 31.2 Å². The molecule has 2 aromatic carbocycles. The maximum atomic E-state index is 6.55. The Morgan fingerprint density at radius 3 is 2.71 bits per heavy atom. The van der Waals surface area contributed by atoms with Crippen LogP contribution in [0.4, 0.5) is 0 Å². The first-order chi connectivity index (χ1) is 9.95. The summed E-state index contributed by atoms with van der Waals surface area (Å²) in [5, 5.41) is 0.751. The summed E-state index contributed by atoms with van der Waals surface area (Å²) in [4.78, 5) is 0. The summed E-state index contributed by atoms with van der Waals surface area (Å²) in [6, 6.07) is 12.1. The molecule has 0 aromatic heterocycles. The minimum Gasteiger partial charge on any atom is -0.493 e. The van der Waals surface area contributed by atoms with Gasteiger partial charge >= 0.3 is 0 Å². The molecule has 2 nitrogen and oxygen atoms in total. The molecule has 0 amide bonds. The number of rotatable bonds is 3. The highest BCUT2D eigenvalue weighted by Crippen LogP contribution is 2.36. The molecule has 0 spiro atoms. The zero-order valence-corrected chi connectivity index (χ0v) is 14.2. The molecule has 1 aliphatic rings. The Labute approximate surface area is 138 Å². The van der Waals surface area contributed by atoms with Gasteiger partial charge in [0.1, 0.15) is 5.75 Å². The van der Waals surface area contributed by atoms with E-state index in [1.54, 1.807) is 0 Å². The van der Waals surface area contributed by atoms with Gasteiger partial charge in [-0.25, -0.2) is 0 Å². The Kier molecular flexibility index (Phi) is 4.00. The van der Waals surface area contributed by atoms with Crippen LogP contribution in [0.2, 0.25) is 5.02 Å². The standard InChI is InChI=1S/C17H17BrClNO/c1-17(20,13-2-4-14(18)5-3-13)10-12-9-15(19)8-11-6-7-21-16(11)12/h2-5,8-9H,6-7,10,20H2,1H3. The van der Waals surface area contributed by atoms with Gasteiger partial charge in [-0.3, -0.25) is 0 Å². The third kappa shape index (κ3) is 3.10. The average molecular weight is 367 g/mol. The fraction of sp³-hybridized carbons (Fsp3) is 0.294. The number of hydrogen-bond acceptors (Lipinski definition) is 2. The topological polar surface area (TPSA) is 35.2 Å². The molecule has 1 heterocycles. The largest absolute Gasteiger partial charge is 0.493 e. The lowest BCUT2D eigenvalue weighted by molar-refractivity contribution is 0.349. The SMILES string of the molecule is CC(N)(Cc1cc(Cl)cc2c1OCC2)c1ccc(Br)cc1. The summed E-state index contributed by atoms with van der Waals surface area (Å²) < 4.78 is 6.81. The Hall–Kier alpha value is -1.03. The molecular formula is C17H17BrClNO. The number of ether oxygens (including phenoxy) is 1. The molecule has 2 N–H and O–H groups in total. The summed E-state index contributed by atoms with van der Waals surface area (Å²) in [6.45, 7) is 2.76. The van der Waals surface area contributed by atoms with Crippen LogP contribution in [0.1, 0.15) is 23.6 Å². The van der Waals surface area contributed by atoms with Gasteiger partial charge in [0.25, 0.3) is 0 Å². The van der Waals surface area contributed by atoms with Crippen LogP contribution in [0.25, 0.3) is 0 Å². The molecule has 3 rings (SSSR count). The van der Waals surface area contributed by atoms with E-state index in [4.69, 9.17) is 22.1 Å². The van der Waals surface area contributed by atoms with Gasteiger partial charge in [0.15, 0.2) is 0 Å². The smallest absolute Gasteiger partial charge is 0.125 e. The average Bonchev–Trinajstić information content (AvgIpc) is 2.87. The van der Waals surface area contributed by atoms with Crippen LogP contribution >= 0.6 is 27.5 Å². The van der Waals surface area contributed by atoms with Crippen molar-refractivity contribution in [3.63, 3.8) is 0 Å². The zero-order chi connectivity index (χ0) is 15.0. The van der Waals surface area contributed by atoms with Crippen LogP contribution in [-0.4, -0.2) is 6.61 Å². The van der Waals surface area contributed by atoms with Gasteiger partial charge < -0.3 is 10.5 Å². The normalized spacial score (nSPS) is 16.2. The lowest BCUT2D eigenvalue weighted by atomic mass is 9.86. The maximum absolute atomic E-state index is 6.55. The molecule has 0 radical (unpaired) electrons. The summed E-state index contributed by atoms with van der Waals surface area (Å²) >= 11 is 9.67. The highest BCUT2D eigenvalue weighted by molar-refractivity contribution is 9.10. The van der Waals surface area contributed by atoms with Gasteiger partial charge in [-0.15, -0.1) is 0 Å². The van der Waals surface area contributed by atoms with Crippen molar-refractivity contribution in [1.29, 1.82) is 0 Å². The fourth-order valence-electron chi connectivity index (χ4n) is 2.81. The van der Waals surface area contributed by atoms with E-state index in [2.05, 4.69) is 28.1 Å². The van der Waals surface area contributed by atoms with Gasteiger partial charge in [-0.05, 0) is 54.3 Å². The maximum Gasteiger partial charge on any atom is 0.125 e. The van der Waals surface area contributed by atoms with Gasteiger partial charge in [-0.1, -0.05) is 39.7 Å². The van der Waals surface area contributed by atoms with E-state index in [1.165, 1.54) is 5.56 Å². The minimum absolute atomic E-state index is 0.467. The van der Waals surface area contributed by atoms with Crippen molar-refractivity contribution in [2.45, 2.75) is 25.3 Å². The third-order valence-electron chi connectivity index (χ3n) is 3.89. The molecule has 0 fully saturated rings. The minimum atomic E-state index is -0.467. The number of hydrogen-bond donors (Lipinski definition) is 1. The van der Waals surface area contributed by atoms with E-state index in [0.717, 1.165) is 39.4 Å². The van der Waals surface area contributed by atoms with Crippen molar-refractivity contribution < 1.29 is 4.74 Å². The van der Waals surface area contributed by atoms with Crippen LogP contribution in [0.3, 0.4) is 0 Å². The van der Waals surface area contributed by atoms with Crippen LogP contribution in [0, 0.1) is 0 Å². The van der Waals surface area contributed by atoms with Crippen molar-refractivity contribution in [2.75, 3.05) is 6.61 Å². The van der Waals surface area contributed by atoms with Crippen molar-refractivity contribution in [1.82, 2.24) is 0 Å². The van der Waals surface area contributed by atoms with Crippen LogP contribution < -0.4 is 10.5 Å². The van der Waals surface area contributed by atoms with Crippen LogP contribution in [0.5, 0.6) is 5.75 Å². The van der Waals surface area contributed by atoms with Crippen LogP contribution in [-0.2, 0) is 18.4 Å². The molecule has 0 saturated heterocycles. The number of nitrogens with two attached hydrogens (primary N) is 1. The molecule has 1 unspecified atom stereocenters. The Balaban J connectivity index is 1.94. The van der Waals surface area contributed by atoms with Crippen molar-refractivity contribution in [2.24, 2.45) is 5.73 Å². The predicted molar refractivity (Wildman–Crippen MR) is 90.0 cm³/mol. The van der Waals surface area contributed by atoms with Crippen molar-refractivity contribution in [3.05, 3.63) is 62.6 Å². The number of fused-ring (bicyclic) bond motifs is 1. The molecule has 110 valence electrons. The van der Waals surface area contributed by atoms with Gasteiger partial charge in [0, 0.05) is 21.5 Å². The van der Waals surface area contributed by atoms with Crippen molar-refractivity contribution in [3.8, 4) is 5.75 Å². The summed E-state index contributed by atoms with van der Waals surface area (Å²) in [6.07, 6.45) is 1.61. The summed E-state index contributed by atoms with van der Waals surface area (Å²) in [7, 11) is 0. The first kappa shape index (κ1) is 14.9. The highest BCUT2D eigenvalue weighted by Gasteiger charge is 2.26. The molecule has 0 aliphatic carbocycles. The zero-order valence-electron chi connectivity index (χ0n) is 11.8. The lowest BCUT2D eigenvalue weighted by Crippen LogP contribution is -2.35. The van der Waals surface area contributed by atoms with Gasteiger partial charge in [0.05, 0.1) is 6.61 Å². The Bertz CT molecular complexity index is 667. The molecule has 1 aliphatic heterocycles. The first-order valence-corrected chi connectivity index (χ1v) is 8.12. The lowest BCUT2D eigenvalue weighted by Gasteiger charge is -2.26. The number of halogens is 2. The van der Waals surface area contributed by atoms with Crippen molar-refractivity contribution >= 4 is 27.5 Å². The summed E-state index contributed by atoms with van der Waals surface area (Å²) in [5.74, 6) is 0.966. The quantitative estimate of drug-likeness (QED) is 0.871. The second-order valence-electron chi connectivity index (χ2n) is 5.75. The van der Waals surface area contributed by atoms with E-state index < -0.39 is 5.54 Å². The van der Waals surface area contributed by atoms with Gasteiger partial charge in [-0.2, -0.15) is 0 Å². The summed E-state index contributed by atoms with van der Waals surface area (Å²) in [5.41, 5.74) is 9.45. The second kappa shape index (κ2) is 5.64. The third-order valence-corrected chi connectivity index (χ3v) is 4.63. The molecule has 0 saturated carbocycles. The first-order valence-electron chi connectivity index (χ1n) is 6.95. The van der Waals surface area contributed by atoms with E-state index >= 15 is 0 Å². The molecule has 0 bridgehead atoms.